The first-order valence-corrected chi connectivity index (χ1v) is 10.9. The first-order chi connectivity index (χ1) is 12.6. The molecule has 2 amide bonds. The topological polar surface area (TPSA) is 76.6 Å². The van der Waals surface area contributed by atoms with E-state index in [1.165, 1.54) is 26.0 Å². The van der Waals surface area contributed by atoms with Gasteiger partial charge in [-0.1, -0.05) is 6.07 Å². The van der Waals surface area contributed by atoms with Crippen LogP contribution in [0.5, 0.6) is 0 Å². The zero-order valence-electron chi connectivity index (χ0n) is 14.8. The second kappa shape index (κ2) is 7.13. The third-order valence-corrected chi connectivity index (χ3v) is 7.84. The zero-order chi connectivity index (χ0) is 18.3. The molecule has 5 nitrogen and oxygen atoms in total. The molecule has 138 valence electrons. The fourth-order valence-electron chi connectivity index (χ4n) is 4.34. The summed E-state index contributed by atoms with van der Waals surface area (Å²) in [4.78, 5) is 28.7. The van der Waals surface area contributed by atoms with Gasteiger partial charge in [0.05, 0.1) is 17.0 Å². The van der Waals surface area contributed by atoms with Crippen LogP contribution < -0.4 is 16.0 Å². The van der Waals surface area contributed by atoms with E-state index in [0.717, 1.165) is 44.2 Å². The monoisotopic (exact) mass is 390 g/mol. The number of nitrogens with one attached hydrogen (secondary N) is 2. The largest absolute Gasteiger partial charge is 0.365 e. The minimum absolute atomic E-state index is 0.0223. The normalized spacial score (nSPS) is 23.0. The average Bonchev–Trinajstić information content (AvgIpc) is 3.35. The van der Waals surface area contributed by atoms with E-state index < -0.39 is 5.91 Å². The summed E-state index contributed by atoms with van der Waals surface area (Å²) in [5.74, 6) is -0.455. The van der Waals surface area contributed by atoms with Gasteiger partial charge in [0.25, 0.3) is 11.8 Å². The number of nitrogens with two attached hydrogens (primary N) is 1. The van der Waals surface area contributed by atoms with Gasteiger partial charge in [0.1, 0.15) is 11.0 Å². The van der Waals surface area contributed by atoms with Crippen LogP contribution >= 0.6 is 22.7 Å². The van der Waals surface area contributed by atoms with Crippen LogP contribution in [0, 0.1) is 0 Å². The quantitative estimate of drug-likeness (QED) is 0.732. The SMILES string of the molecule is C[C@@H](C(=O)Nc1sc2c(c1C(N)=O)CCC2)[NH+]1CCC[C@@H]1c1cccs1. The maximum Gasteiger partial charge on any atom is 0.283 e. The molecular formula is C19H24N3O2S2+. The van der Waals surface area contributed by atoms with E-state index in [4.69, 9.17) is 5.73 Å². The van der Waals surface area contributed by atoms with Crippen molar-refractivity contribution in [2.24, 2.45) is 5.73 Å². The number of hydrogen-bond donors (Lipinski definition) is 3. The molecule has 7 heteroatoms. The zero-order valence-corrected chi connectivity index (χ0v) is 16.5. The van der Waals surface area contributed by atoms with Crippen molar-refractivity contribution in [1.29, 1.82) is 0 Å². The third-order valence-electron chi connectivity index (χ3n) is 5.65. The lowest BCUT2D eigenvalue weighted by Crippen LogP contribution is -3.15. The molecule has 1 fully saturated rings. The number of carbonyl (C=O) groups excluding carboxylic acids is 2. The maximum atomic E-state index is 12.9. The lowest BCUT2D eigenvalue weighted by atomic mass is 10.1. The molecule has 0 bridgehead atoms. The minimum Gasteiger partial charge on any atom is -0.365 e. The maximum absolute atomic E-state index is 12.9. The van der Waals surface area contributed by atoms with Crippen molar-refractivity contribution in [3.05, 3.63) is 38.4 Å². The Morgan fingerprint density at radius 2 is 2.19 bits per heavy atom. The van der Waals surface area contributed by atoms with Crippen molar-refractivity contribution in [2.75, 3.05) is 11.9 Å². The van der Waals surface area contributed by atoms with Crippen LogP contribution in [0.15, 0.2) is 17.5 Å². The Bertz CT molecular complexity index is 828. The Hall–Kier alpha value is -1.70. The summed E-state index contributed by atoms with van der Waals surface area (Å²) >= 11 is 3.29. The molecule has 0 radical (unpaired) electrons. The number of amides is 2. The number of carbonyl (C=O) groups is 2. The summed E-state index contributed by atoms with van der Waals surface area (Å²) in [6.45, 7) is 2.99. The van der Waals surface area contributed by atoms with Gasteiger partial charge < -0.3 is 16.0 Å². The van der Waals surface area contributed by atoms with E-state index in [0.29, 0.717) is 16.6 Å². The standard InChI is InChI=1S/C19H23N3O2S2/c1-11(22-9-3-6-13(22)15-8-4-10-25-15)18(24)21-19-16(17(20)23)12-5-2-7-14(12)26-19/h4,8,10-11,13H,2-3,5-7,9H2,1H3,(H2,20,23)(H,21,24)/p+1/t11-,13+/m0/s1. The molecule has 26 heavy (non-hydrogen) atoms. The molecule has 2 aliphatic rings. The van der Waals surface area contributed by atoms with Gasteiger partial charge in [-0.25, -0.2) is 0 Å². The Morgan fingerprint density at radius 1 is 1.35 bits per heavy atom. The molecular weight excluding hydrogens is 366 g/mol. The second-order valence-electron chi connectivity index (χ2n) is 7.17. The van der Waals surface area contributed by atoms with E-state index in [2.05, 4.69) is 22.8 Å². The van der Waals surface area contributed by atoms with Gasteiger partial charge in [-0.15, -0.1) is 22.7 Å². The first-order valence-electron chi connectivity index (χ1n) is 9.20. The van der Waals surface area contributed by atoms with Crippen molar-refractivity contribution in [2.45, 2.75) is 51.1 Å². The summed E-state index contributed by atoms with van der Waals surface area (Å²) in [5.41, 5.74) is 7.19. The molecule has 4 rings (SSSR count). The average molecular weight is 391 g/mol. The smallest absolute Gasteiger partial charge is 0.283 e. The number of primary amides is 1. The molecule has 3 heterocycles. The third kappa shape index (κ3) is 3.08. The lowest BCUT2D eigenvalue weighted by Gasteiger charge is -2.26. The summed E-state index contributed by atoms with van der Waals surface area (Å²) in [5, 5.41) is 5.77. The Labute approximate surface area is 161 Å². The van der Waals surface area contributed by atoms with Crippen LogP contribution in [0.4, 0.5) is 5.00 Å². The fraction of sp³-hybridized carbons (Fsp3) is 0.474. The highest BCUT2D eigenvalue weighted by Crippen LogP contribution is 2.38. The number of aryl methyl sites for hydroxylation is 1. The molecule has 0 spiro atoms. The van der Waals surface area contributed by atoms with Crippen LogP contribution in [-0.4, -0.2) is 24.4 Å². The number of anilines is 1. The summed E-state index contributed by atoms with van der Waals surface area (Å²) in [6.07, 6.45) is 5.17. The van der Waals surface area contributed by atoms with E-state index in [1.807, 2.05) is 6.92 Å². The van der Waals surface area contributed by atoms with Crippen LogP contribution in [0.3, 0.4) is 0 Å². The Balaban J connectivity index is 1.53. The van der Waals surface area contributed by atoms with Gasteiger partial charge in [0.2, 0.25) is 0 Å². The molecule has 0 saturated carbocycles. The predicted molar refractivity (Wildman–Crippen MR) is 105 cm³/mol. The van der Waals surface area contributed by atoms with Crippen molar-refractivity contribution in [3.8, 4) is 0 Å². The molecule has 1 saturated heterocycles. The molecule has 2 aromatic rings. The minimum atomic E-state index is -0.433. The highest BCUT2D eigenvalue weighted by molar-refractivity contribution is 7.17. The fourth-order valence-corrected chi connectivity index (χ4v) is 6.55. The number of thiophene rings is 2. The van der Waals surface area contributed by atoms with Crippen LogP contribution in [0.25, 0.3) is 0 Å². The van der Waals surface area contributed by atoms with Crippen LogP contribution in [0.2, 0.25) is 0 Å². The van der Waals surface area contributed by atoms with Gasteiger partial charge >= 0.3 is 0 Å². The van der Waals surface area contributed by atoms with E-state index >= 15 is 0 Å². The van der Waals surface area contributed by atoms with Crippen molar-refractivity contribution >= 4 is 39.5 Å². The van der Waals surface area contributed by atoms with Crippen molar-refractivity contribution in [1.82, 2.24) is 0 Å². The van der Waals surface area contributed by atoms with Crippen molar-refractivity contribution in [3.63, 3.8) is 0 Å². The van der Waals surface area contributed by atoms with E-state index in [1.54, 1.807) is 11.3 Å². The van der Waals surface area contributed by atoms with Crippen LogP contribution in [0.1, 0.15) is 57.9 Å². The molecule has 1 unspecified atom stereocenters. The summed E-state index contributed by atoms with van der Waals surface area (Å²) < 4.78 is 0. The molecule has 1 aliphatic carbocycles. The second-order valence-corrected chi connectivity index (χ2v) is 9.26. The van der Waals surface area contributed by atoms with Crippen LogP contribution in [-0.2, 0) is 17.6 Å². The predicted octanol–water partition coefficient (Wildman–Crippen LogP) is 2.14. The summed E-state index contributed by atoms with van der Waals surface area (Å²) in [7, 11) is 0. The lowest BCUT2D eigenvalue weighted by molar-refractivity contribution is -0.931. The number of fused-ring (bicyclic) bond motifs is 1. The first kappa shape index (κ1) is 17.7. The molecule has 1 aliphatic heterocycles. The van der Waals surface area contributed by atoms with Gasteiger partial charge in [-0.05, 0) is 43.2 Å². The number of likely N-dealkylation sites (tertiary alicyclic amines) is 1. The van der Waals surface area contributed by atoms with Gasteiger partial charge in [-0.2, -0.15) is 0 Å². The molecule has 2 aromatic heterocycles. The van der Waals surface area contributed by atoms with Gasteiger partial charge in [0.15, 0.2) is 6.04 Å². The highest BCUT2D eigenvalue weighted by Gasteiger charge is 2.38. The van der Waals surface area contributed by atoms with Gasteiger partial charge in [-0.3, -0.25) is 9.59 Å². The van der Waals surface area contributed by atoms with E-state index in [-0.39, 0.29) is 11.9 Å². The Kier molecular flexibility index (Phi) is 4.86. The van der Waals surface area contributed by atoms with E-state index in [9.17, 15) is 9.59 Å². The number of hydrogen-bond acceptors (Lipinski definition) is 4. The van der Waals surface area contributed by atoms with Crippen molar-refractivity contribution < 1.29 is 14.5 Å². The summed E-state index contributed by atoms with van der Waals surface area (Å²) in [6, 6.07) is 4.47. The number of quaternary nitrogens is 1. The molecule has 3 atom stereocenters. The molecule has 4 N–H and O–H groups in total. The highest BCUT2D eigenvalue weighted by atomic mass is 32.1. The Morgan fingerprint density at radius 3 is 2.92 bits per heavy atom. The number of rotatable bonds is 5. The van der Waals surface area contributed by atoms with Gasteiger partial charge in [0, 0.05) is 17.7 Å². The molecule has 0 aromatic carbocycles.